The number of aryl methyl sites for hydroxylation is 2. The van der Waals surface area contributed by atoms with Crippen LogP contribution in [0.4, 0.5) is 0 Å². The van der Waals surface area contributed by atoms with Gasteiger partial charge >= 0.3 is 0 Å². The third-order valence-corrected chi connectivity index (χ3v) is 4.06. The molecule has 0 saturated heterocycles. The predicted octanol–water partition coefficient (Wildman–Crippen LogP) is 1.92. The molecule has 0 aliphatic carbocycles. The van der Waals surface area contributed by atoms with Crippen molar-refractivity contribution >= 4 is 5.91 Å². The lowest BCUT2D eigenvalue weighted by atomic mass is 10.2. The Morgan fingerprint density at radius 2 is 2.08 bits per heavy atom. The molecule has 24 heavy (non-hydrogen) atoms. The molecule has 6 heteroatoms. The zero-order valence-electron chi connectivity index (χ0n) is 14.7. The molecule has 2 aromatic rings. The molecule has 0 radical (unpaired) electrons. The number of ether oxygens (including phenoxy) is 1. The molecule has 0 unspecified atom stereocenters. The number of carbonyl (C=O) groups is 1. The highest BCUT2D eigenvalue weighted by atomic mass is 16.5. The van der Waals surface area contributed by atoms with Gasteiger partial charge in [-0.3, -0.25) is 9.48 Å². The van der Waals surface area contributed by atoms with Crippen LogP contribution in [0.1, 0.15) is 23.7 Å². The SMILES string of the molecule is CCn1ncc(CN(C)C(=O)[C@@H](O)COc2ccccc2C)c1C. The summed E-state index contributed by atoms with van der Waals surface area (Å²) in [6.07, 6.45) is 0.565. The van der Waals surface area contributed by atoms with Crippen molar-refractivity contribution in [2.45, 2.75) is 40.0 Å². The number of carbonyl (C=O) groups excluding carboxylic acids is 1. The molecule has 2 rings (SSSR count). The Hall–Kier alpha value is -2.34. The molecule has 130 valence electrons. The quantitative estimate of drug-likeness (QED) is 0.842. The Morgan fingerprint density at radius 1 is 1.38 bits per heavy atom. The lowest BCUT2D eigenvalue weighted by molar-refractivity contribution is -0.140. The average molecular weight is 331 g/mol. The van der Waals surface area contributed by atoms with Crippen molar-refractivity contribution in [3.63, 3.8) is 0 Å². The Bertz CT molecular complexity index is 697. The average Bonchev–Trinajstić information content (AvgIpc) is 2.93. The van der Waals surface area contributed by atoms with E-state index in [1.807, 2.05) is 49.7 Å². The fraction of sp³-hybridized carbons (Fsp3) is 0.444. The van der Waals surface area contributed by atoms with E-state index in [4.69, 9.17) is 4.74 Å². The van der Waals surface area contributed by atoms with E-state index in [1.54, 1.807) is 13.2 Å². The van der Waals surface area contributed by atoms with Gasteiger partial charge in [0.25, 0.3) is 5.91 Å². The first-order valence-corrected chi connectivity index (χ1v) is 8.06. The smallest absolute Gasteiger partial charge is 0.255 e. The number of likely N-dealkylation sites (N-methyl/N-ethyl adjacent to an activating group) is 1. The first-order chi connectivity index (χ1) is 11.4. The number of aliphatic hydroxyl groups is 1. The molecule has 1 aromatic carbocycles. The number of rotatable bonds is 7. The molecule has 0 fully saturated rings. The fourth-order valence-electron chi connectivity index (χ4n) is 2.51. The number of hydrogen-bond acceptors (Lipinski definition) is 4. The Balaban J connectivity index is 1.92. The first kappa shape index (κ1) is 18.0. The van der Waals surface area contributed by atoms with Gasteiger partial charge in [-0.05, 0) is 32.4 Å². The van der Waals surface area contributed by atoms with Gasteiger partial charge in [0.2, 0.25) is 0 Å². The summed E-state index contributed by atoms with van der Waals surface area (Å²) in [5.41, 5.74) is 2.97. The van der Waals surface area contributed by atoms with Gasteiger partial charge in [-0.1, -0.05) is 18.2 Å². The van der Waals surface area contributed by atoms with E-state index in [9.17, 15) is 9.90 Å². The molecule has 6 nitrogen and oxygen atoms in total. The van der Waals surface area contributed by atoms with E-state index < -0.39 is 6.10 Å². The minimum atomic E-state index is -1.20. The maximum atomic E-state index is 12.3. The maximum absolute atomic E-state index is 12.3. The summed E-state index contributed by atoms with van der Waals surface area (Å²) in [7, 11) is 1.67. The predicted molar refractivity (Wildman–Crippen MR) is 91.8 cm³/mol. The second-order valence-corrected chi connectivity index (χ2v) is 5.86. The molecule has 1 amide bonds. The summed E-state index contributed by atoms with van der Waals surface area (Å²) in [6, 6.07) is 7.51. The largest absolute Gasteiger partial charge is 0.490 e. The zero-order valence-corrected chi connectivity index (χ0v) is 14.7. The van der Waals surface area contributed by atoms with Crippen LogP contribution in [0.3, 0.4) is 0 Å². The Kier molecular flexibility index (Phi) is 5.98. The van der Waals surface area contributed by atoms with Crippen LogP contribution in [0.15, 0.2) is 30.5 Å². The molecule has 1 aromatic heterocycles. The summed E-state index contributed by atoms with van der Waals surface area (Å²) in [5.74, 6) is 0.305. The van der Waals surface area contributed by atoms with Gasteiger partial charge in [-0.15, -0.1) is 0 Å². The van der Waals surface area contributed by atoms with Gasteiger partial charge < -0.3 is 14.7 Å². The van der Waals surface area contributed by atoms with Crippen LogP contribution >= 0.6 is 0 Å². The van der Waals surface area contributed by atoms with Crippen LogP contribution < -0.4 is 4.74 Å². The topological polar surface area (TPSA) is 67.6 Å². The van der Waals surface area contributed by atoms with Crippen molar-refractivity contribution < 1.29 is 14.6 Å². The summed E-state index contributed by atoms with van der Waals surface area (Å²) in [6.45, 7) is 7.04. The van der Waals surface area contributed by atoms with Gasteiger partial charge in [0, 0.05) is 31.4 Å². The van der Waals surface area contributed by atoms with Crippen molar-refractivity contribution in [2.24, 2.45) is 0 Å². The minimum absolute atomic E-state index is 0.0682. The molecule has 0 spiro atoms. The highest BCUT2D eigenvalue weighted by molar-refractivity contribution is 5.80. The Morgan fingerprint density at radius 3 is 2.71 bits per heavy atom. The minimum Gasteiger partial charge on any atom is -0.490 e. The van der Waals surface area contributed by atoms with Crippen molar-refractivity contribution in [1.82, 2.24) is 14.7 Å². The lowest BCUT2D eigenvalue weighted by Crippen LogP contribution is -2.39. The normalized spacial score (nSPS) is 12.0. The van der Waals surface area contributed by atoms with Gasteiger partial charge in [-0.25, -0.2) is 0 Å². The molecular formula is C18H25N3O3. The van der Waals surface area contributed by atoms with E-state index in [1.165, 1.54) is 4.90 Å². The van der Waals surface area contributed by atoms with Crippen LogP contribution in [0.25, 0.3) is 0 Å². The van der Waals surface area contributed by atoms with E-state index in [0.29, 0.717) is 12.3 Å². The zero-order chi connectivity index (χ0) is 17.7. The highest BCUT2D eigenvalue weighted by Gasteiger charge is 2.21. The standard InChI is InChI=1S/C18H25N3O3/c1-5-21-14(3)15(10-19-21)11-20(4)18(23)16(22)12-24-17-9-7-6-8-13(17)2/h6-10,16,22H,5,11-12H2,1-4H3/t16-/m0/s1. The highest BCUT2D eigenvalue weighted by Crippen LogP contribution is 2.16. The summed E-state index contributed by atoms with van der Waals surface area (Å²) >= 11 is 0. The van der Waals surface area contributed by atoms with E-state index >= 15 is 0 Å². The molecule has 1 N–H and O–H groups in total. The van der Waals surface area contributed by atoms with E-state index in [0.717, 1.165) is 23.4 Å². The molecule has 1 atom stereocenters. The van der Waals surface area contributed by atoms with E-state index in [2.05, 4.69) is 5.10 Å². The molecule has 0 aliphatic heterocycles. The van der Waals surface area contributed by atoms with Crippen molar-refractivity contribution in [2.75, 3.05) is 13.7 Å². The second kappa shape index (κ2) is 7.97. The van der Waals surface area contributed by atoms with Gasteiger partial charge in [-0.2, -0.15) is 5.10 Å². The molecule has 0 bridgehead atoms. The summed E-state index contributed by atoms with van der Waals surface area (Å²) in [5, 5.41) is 14.4. The molecule has 0 saturated carbocycles. The fourth-order valence-corrected chi connectivity index (χ4v) is 2.51. The van der Waals surface area contributed by atoms with Gasteiger partial charge in [0.05, 0.1) is 6.20 Å². The monoisotopic (exact) mass is 331 g/mol. The van der Waals surface area contributed by atoms with Gasteiger partial charge in [0.1, 0.15) is 12.4 Å². The number of para-hydroxylation sites is 1. The lowest BCUT2D eigenvalue weighted by Gasteiger charge is -2.21. The number of aliphatic hydroxyl groups excluding tert-OH is 1. The van der Waals surface area contributed by atoms with Crippen LogP contribution in [0.2, 0.25) is 0 Å². The number of nitrogens with zero attached hydrogens (tertiary/aromatic N) is 3. The van der Waals surface area contributed by atoms with E-state index in [-0.39, 0.29) is 12.5 Å². The van der Waals surface area contributed by atoms with Crippen LogP contribution in [0, 0.1) is 13.8 Å². The molecular weight excluding hydrogens is 306 g/mol. The van der Waals surface area contributed by atoms with Crippen LogP contribution in [-0.4, -0.2) is 45.5 Å². The molecule has 1 heterocycles. The molecule has 0 aliphatic rings. The Labute approximate surface area is 142 Å². The van der Waals surface area contributed by atoms with Crippen molar-refractivity contribution in [3.8, 4) is 5.75 Å². The maximum Gasteiger partial charge on any atom is 0.255 e. The summed E-state index contributed by atoms with van der Waals surface area (Å²) < 4.78 is 7.43. The summed E-state index contributed by atoms with van der Waals surface area (Å²) in [4.78, 5) is 13.8. The number of hydrogen-bond donors (Lipinski definition) is 1. The number of aromatic nitrogens is 2. The third kappa shape index (κ3) is 4.14. The van der Waals surface area contributed by atoms with Crippen LogP contribution in [0.5, 0.6) is 5.75 Å². The number of benzene rings is 1. The first-order valence-electron chi connectivity index (χ1n) is 8.06. The number of amides is 1. The van der Waals surface area contributed by atoms with Gasteiger partial charge in [0.15, 0.2) is 6.10 Å². The second-order valence-electron chi connectivity index (χ2n) is 5.86. The van der Waals surface area contributed by atoms with Crippen LogP contribution in [-0.2, 0) is 17.9 Å². The third-order valence-electron chi connectivity index (χ3n) is 4.06. The van der Waals surface area contributed by atoms with Crippen molar-refractivity contribution in [1.29, 1.82) is 0 Å². The van der Waals surface area contributed by atoms with Crippen molar-refractivity contribution in [3.05, 3.63) is 47.3 Å².